The fraction of sp³-hybridized carbons (Fsp3) is 0.348. The summed E-state index contributed by atoms with van der Waals surface area (Å²) in [7, 11) is 0. The van der Waals surface area contributed by atoms with Crippen molar-refractivity contribution in [2.45, 2.75) is 31.0 Å². The van der Waals surface area contributed by atoms with E-state index >= 15 is 0 Å². The molecule has 5 nitrogen and oxygen atoms in total. The third kappa shape index (κ3) is 2.87. The highest BCUT2D eigenvalue weighted by Crippen LogP contribution is 2.52. The van der Waals surface area contributed by atoms with Crippen LogP contribution in [0.2, 0.25) is 0 Å². The zero-order valence-electron chi connectivity index (χ0n) is 15.7. The molecule has 0 radical (unpaired) electrons. The highest BCUT2D eigenvalue weighted by Gasteiger charge is 2.55. The first-order valence-electron chi connectivity index (χ1n) is 9.84. The van der Waals surface area contributed by atoms with E-state index in [2.05, 4.69) is 28.1 Å². The third-order valence-corrected chi connectivity index (χ3v) is 6.13. The summed E-state index contributed by atoms with van der Waals surface area (Å²) in [6.07, 6.45) is 7.79. The number of hydrogen-bond acceptors (Lipinski definition) is 5. The zero-order valence-corrected chi connectivity index (χ0v) is 15.7. The Morgan fingerprint density at radius 1 is 1.14 bits per heavy atom. The molecule has 0 bridgehead atoms. The summed E-state index contributed by atoms with van der Waals surface area (Å²) in [6.45, 7) is 0.967. The highest BCUT2D eigenvalue weighted by atomic mass is 16.5. The molecule has 28 heavy (non-hydrogen) atoms. The van der Waals surface area contributed by atoms with Crippen LogP contribution < -0.4 is 0 Å². The number of aryl methyl sites for hydroxylation is 1. The number of pyridine rings is 1. The van der Waals surface area contributed by atoms with Crippen molar-refractivity contribution in [1.29, 1.82) is 0 Å². The first-order chi connectivity index (χ1) is 13.8. The van der Waals surface area contributed by atoms with Crippen LogP contribution in [0.15, 0.2) is 71.6 Å². The number of ether oxygens (including phenoxy) is 1. The van der Waals surface area contributed by atoms with Crippen molar-refractivity contribution in [2.24, 2.45) is 5.92 Å². The van der Waals surface area contributed by atoms with Crippen LogP contribution in [0.3, 0.4) is 0 Å². The molecule has 5 heteroatoms. The number of nitrogens with zero attached hydrogens (tertiary/aromatic N) is 2. The molecule has 5 rings (SSSR count). The first kappa shape index (κ1) is 17.6. The van der Waals surface area contributed by atoms with Crippen LogP contribution in [0, 0.1) is 5.92 Å². The van der Waals surface area contributed by atoms with E-state index in [0.29, 0.717) is 19.8 Å². The summed E-state index contributed by atoms with van der Waals surface area (Å²) < 4.78 is 11.5. The average molecular weight is 376 g/mol. The highest BCUT2D eigenvalue weighted by molar-refractivity contribution is 5.41. The molecule has 2 aromatic heterocycles. The van der Waals surface area contributed by atoms with E-state index in [4.69, 9.17) is 9.15 Å². The van der Waals surface area contributed by atoms with Gasteiger partial charge in [0.25, 0.3) is 0 Å². The molecule has 0 aliphatic carbocycles. The fourth-order valence-corrected chi connectivity index (χ4v) is 4.75. The number of benzene rings is 1. The molecule has 1 saturated heterocycles. The smallest absolute Gasteiger partial charge is 0.152 e. The van der Waals surface area contributed by atoms with Gasteiger partial charge >= 0.3 is 0 Å². The van der Waals surface area contributed by atoms with E-state index in [1.54, 1.807) is 12.5 Å². The van der Waals surface area contributed by atoms with Crippen LogP contribution in [-0.4, -0.2) is 28.3 Å². The van der Waals surface area contributed by atoms with Crippen molar-refractivity contribution in [2.75, 3.05) is 13.3 Å². The summed E-state index contributed by atoms with van der Waals surface area (Å²) in [5.41, 5.74) is 2.33. The Kier molecular flexibility index (Phi) is 4.51. The maximum atomic E-state index is 12.0. The predicted octanol–water partition coefficient (Wildman–Crippen LogP) is 3.66. The molecule has 1 fully saturated rings. The molecule has 2 aliphatic rings. The molecule has 4 heterocycles. The lowest BCUT2D eigenvalue weighted by atomic mass is 9.84. The van der Waals surface area contributed by atoms with Gasteiger partial charge in [0, 0.05) is 36.3 Å². The van der Waals surface area contributed by atoms with E-state index in [1.807, 2.05) is 36.5 Å². The molecular weight excluding hydrogens is 352 g/mol. The van der Waals surface area contributed by atoms with Gasteiger partial charge in [0.05, 0.1) is 12.9 Å². The van der Waals surface area contributed by atoms with Gasteiger partial charge in [0.2, 0.25) is 0 Å². The molecule has 0 spiro atoms. The second-order valence-electron chi connectivity index (χ2n) is 7.68. The van der Waals surface area contributed by atoms with Crippen LogP contribution in [0.1, 0.15) is 34.9 Å². The standard InChI is InChI=1S/C23H24N2O3/c26-23-18(10-9-17-5-3-11-24-14-17)15-27-16-25(23)22(13-19-6-4-12-28-19)20-7-1-2-8-21(20)23/h1-8,11-12,14,18,22,26H,9-10,13,15-16H2/t18-,22-,23-/m0/s1. The molecule has 0 unspecified atom stereocenters. The summed E-state index contributed by atoms with van der Waals surface area (Å²) in [6, 6.07) is 16.2. The van der Waals surface area contributed by atoms with Crippen LogP contribution in [-0.2, 0) is 23.3 Å². The first-order valence-corrected chi connectivity index (χ1v) is 9.84. The lowest BCUT2D eigenvalue weighted by molar-refractivity contribution is -0.248. The van der Waals surface area contributed by atoms with E-state index in [9.17, 15) is 5.11 Å². The molecular formula is C23H24N2O3. The lowest BCUT2D eigenvalue weighted by Crippen LogP contribution is -2.54. The normalized spacial score (nSPS) is 26.8. The van der Waals surface area contributed by atoms with Gasteiger partial charge in [-0.1, -0.05) is 30.3 Å². The molecule has 0 amide bonds. The Hall–Kier alpha value is -2.47. The van der Waals surface area contributed by atoms with Crippen LogP contribution >= 0.6 is 0 Å². The maximum Gasteiger partial charge on any atom is 0.152 e. The Morgan fingerprint density at radius 2 is 2.07 bits per heavy atom. The minimum absolute atomic E-state index is 0.00999. The van der Waals surface area contributed by atoms with Gasteiger partial charge in [-0.3, -0.25) is 4.98 Å². The minimum Gasteiger partial charge on any atom is -0.469 e. The molecule has 3 atom stereocenters. The number of fused-ring (bicyclic) bond motifs is 3. The average Bonchev–Trinajstić information content (AvgIpc) is 3.33. The van der Waals surface area contributed by atoms with Gasteiger partial charge in [-0.25, -0.2) is 4.90 Å². The number of aromatic nitrogens is 1. The topological polar surface area (TPSA) is 58.7 Å². The Bertz CT molecular complexity index is 928. The SMILES string of the molecule is O[C@@]12c3ccccc3[C@H](Cc3ccco3)N1COC[C@@H]2CCc1cccnc1. The van der Waals surface area contributed by atoms with E-state index < -0.39 is 5.72 Å². The van der Waals surface area contributed by atoms with Crippen molar-refractivity contribution in [3.05, 3.63) is 89.6 Å². The van der Waals surface area contributed by atoms with E-state index in [-0.39, 0.29) is 12.0 Å². The van der Waals surface area contributed by atoms with Crippen LogP contribution in [0.4, 0.5) is 0 Å². The van der Waals surface area contributed by atoms with Crippen molar-refractivity contribution >= 4 is 0 Å². The summed E-state index contributed by atoms with van der Waals surface area (Å²) in [5.74, 6) is 0.908. The zero-order chi connectivity index (χ0) is 19.0. The van der Waals surface area contributed by atoms with Gasteiger partial charge < -0.3 is 14.3 Å². The second-order valence-corrected chi connectivity index (χ2v) is 7.68. The van der Waals surface area contributed by atoms with Crippen molar-refractivity contribution in [1.82, 2.24) is 9.88 Å². The second kappa shape index (κ2) is 7.17. The fourth-order valence-electron chi connectivity index (χ4n) is 4.75. The van der Waals surface area contributed by atoms with Gasteiger partial charge in [-0.15, -0.1) is 0 Å². The third-order valence-electron chi connectivity index (χ3n) is 6.13. The van der Waals surface area contributed by atoms with Gasteiger partial charge in [0.15, 0.2) is 5.72 Å². The molecule has 0 saturated carbocycles. The lowest BCUT2D eigenvalue weighted by Gasteiger charge is -2.46. The number of aliphatic hydroxyl groups is 1. The summed E-state index contributed by atoms with van der Waals surface area (Å²) in [4.78, 5) is 6.32. The monoisotopic (exact) mass is 376 g/mol. The molecule has 1 aromatic carbocycles. The molecule has 1 N–H and O–H groups in total. The van der Waals surface area contributed by atoms with Gasteiger partial charge in [0.1, 0.15) is 12.5 Å². The van der Waals surface area contributed by atoms with E-state index in [1.165, 1.54) is 11.1 Å². The van der Waals surface area contributed by atoms with Crippen molar-refractivity contribution in [3.8, 4) is 0 Å². The molecule has 3 aromatic rings. The van der Waals surface area contributed by atoms with Crippen molar-refractivity contribution < 1.29 is 14.3 Å². The van der Waals surface area contributed by atoms with Gasteiger partial charge in [-0.05, 0) is 42.2 Å². The Labute approximate surface area is 164 Å². The van der Waals surface area contributed by atoms with E-state index in [0.717, 1.165) is 24.2 Å². The number of hydrogen-bond donors (Lipinski definition) is 1. The predicted molar refractivity (Wildman–Crippen MR) is 104 cm³/mol. The summed E-state index contributed by atoms with van der Waals surface area (Å²) >= 11 is 0. The largest absolute Gasteiger partial charge is 0.469 e. The van der Waals surface area contributed by atoms with Crippen molar-refractivity contribution in [3.63, 3.8) is 0 Å². The minimum atomic E-state index is -1.02. The summed E-state index contributed by atoms with van der Waals surface area (Å²) in [5, 5.41) is 12.0. The maximum absolute atomic E-state index is 12.0. The van der Waals surface area contributed by atoms with Crippen LogP contribution in [0.25, 0.3) is 0 Å². The van der Waals surface area contributed by atoms with Gasteiger partial charge in [-0.2, -0.15) is 0 Å². The molecule has 2 aliphatic heterocycles. The Morgan fingerprint density at radius 3 is 2.89 bits per heavy atom. The van der Waals surface area contributed by atoms with Crippen LogP contribution in [0.5, 0.6) is 0 Å². The number of rotatable bonds is 5. The molecule has 144 valence electrons. The Balaban J connectivity index is 1.47. The number of furan rings is 1. The quantitative estimate of drug-likeness (QED) is 0.736.